The second kappa shape index (κ2) is 7.55. The number of nitrogens with one attached hydrogen (secondary N) is 1. The lowest BCUT2D eigenvalue weighted by molar-refractivity contribution is 0.434. The van der Waals surface area contributed by atoms with E-state index in [1.54, 1.807) is 18.5 Å². The zero-order chi connectivity index (χ0) is 16.1. The maximum atomic E-state index is 14.2. The molecule has 0 aliphatic carbocycles. The molecular weight excluding hydrogens is 289 g/mol. The van der Waals surface area contributed by atoms with E-state index in [1.165, 1.54) is 5.56 Å². The minimum absolute atomic E-state index is 0.113. The molecule has 1 fully saturated rings. The van der Waals surface area contributed by atoms with Crippen LogP contribution in [-0.4, -0.2) is 18.1 Å². The lowest BCUT2D eigenvalue weighted by atomic mass is 9.98. The summed E-state index contributed by atoms with van der Waals surface area (Å²) in [6.07, 6.45) is 5.88. The van der Waals surface area contributed by atoms with E-state index in [4.69, 9.17) is 0 Å². The molecule has 3 nitrogen and oxygen atoms in total. The van der Waals surface area contributed by atoms with Crippen molar-refractivity contribution in [3.8, 4) is 0 Å². The second-order valence-electron chi connectivity index (χ2n) is 6.41. The molecular formula is C19H24FN3. The topological polar surface area (TPSA) is 28.2 Å². The van der Waals surface area contributed by atoms with Gasteiger partial charge in [0, 0.05) is 38.6 Å². The normalized spacial score (nSPS) is 15.8. The molecule has 0 unspecified atom stereocenters. The van der Waals surface area contributed by atoms with Gasteiger partial charge in [0.1, 0.15) is 5.82 Å². The molecule has 2 aromatic rings. The summed E-state index contributed by atoms with van der Waals surface area (Å²) in [7, 11) is 0. The van der Waals surface area contributed by atoms with Crippen LogP contribution in [0.5, 0.6) is 0 Å². The molecule has 23 heavy (non-hydrogen) atoms. The summed E-state index contributed by atoms with van der Waals surface area (Å²) in [5.74, 6) is 0.636. The Morgan fingerprint density at radius 3 is 2.52 bits per heavy atom. The second-order valence-corrected chi connectivity index (χ2v) is 6.41. The number of hydrogen-bond acceptors (Lipinski definition) is 3. The Morgan fingerprint density at radius 1 is 1.09 bits per heavy atom. The van der Waals surface area contributed by atoms with E-state index in [1.807, 2.05) is 24.3 Å². The third-order valence-electron chi connectivity index (χ3n) is 4.54. The minimum atomic E-state index is -0.113. The van der Waals surface area contributed by atoms with E-state index < -0.39 is 0 Å². The number of pyridine rings is 1. The molecule has 3 rings (SSSR count). The molecule has 0 bridgehead atoms. The van der Waals surface area contributed by atoms with Crippen LogP contribution in [0, 0.1) is 11.7 Å². The Balaban J connectivity index is 1.61. The molecule has 1 aromatic heterocycles. The highest BCUT2D eigenvalue weighted by Gasteiger charge is 2.18. The summed E-state index contributed by atoms with van der Waals surface area (Å²) >= 11 is 0. The zero-order valence-corrected chi connectivity index (χ0v) is 13.6. The molecule has 1 aliphatic heterocycles. The maximum absolute atomic E-state index is 14.2. The fraction of sp³-hybridized carbons (Fsp3) is 0.421. The molecule has 122 valence electrons. The number of nitrogens with zero attached hydrogens (tertiary/aromatic N) is 2. The summed E-state index contributed by atoms with van der Waals surface area (Å²) < 4.78 is 14.2. The molecule has 0 saturated carbocycles. The molecule has 2 heterocycles. The fourth-order valence-corrected chi connectivity index (χ4v) is 3.01. The summed E-state index contributed by atoms with van der Waals surface area (Å²) in [5.41, 5.74) is 3.07. The van der Waals surface area contributed by atoms with Gasteiger partial charge in [0.05, 0.1) is 5.69 Å². The average Bonchev–Trinajstić information content (AvgIpc) is 2.58. The number of anilines is 1. The zero-order valence-electron chi connectivity index (χ0n) is 13.6. The number of aromatic nitrogens is 1. The van der Waals surface area contributed by atoms with Crippen molar-refractivity contribution in [2.75, 3.05) is 18.0 Å². The van der Waals surface area contributed by atoms with Crippen molar-refractivity contribution in [3.63, 3.8) is 0 Å². The van der Waals surface area contributed by atoms with Gasteiger partial charge in [-0.3, -0.25) is 4.98 Å². The van der Waals surface area contributed by atoms with E-state index in [0.29, 0.717) is 0 Å². The summed E-state index contributed by atoms with van der Waals surface area (Å²) in [6, 6.07) is 9.45. The number of rotatable bonds is 5. The highest BCUT2D eigenvalue weighted by molar-refractivity contribution is 5.50. The van der Waals surface area contributed by atoms with E-state index in [0.717, 1.165) is 56.2 Å². The van der Waals surface area contributed by atoms with Gasteiger partial charge in [0.15, 0.2) is 0 Å². The standard InChI is InChI=1S/C19H24FN3/c1-15-6-10-23(11-7-15)19-12-17(2-3-18(19)20)14-22-13-16-4-8-21-9-5-16/h2-5,8-9,12,15,22H,6-7,10-11,13-14H2,1H3. The monoisotopic (exact) mass is 313 g/mol. The van der Waals surface area contributed by atoms with Crippen LogP contribution in [0.1, 0.15) is 30.9 Å². The molecule has 1 saturated heterocycles. The largest absolute Gasteiger partial charge is 0.369 e. The Bertz CT molecular complexity index is 622. The molecule has 1 aliphatic rings. The lowest BCUT2D eigenvalue weighted by Gasteiger charge is -2.32. The van der Waals surface area contributed by atoms with Gasteiger partial charge in [-0.15, -0.1) is 0 Å². The number of hydrogen-bond donors (Lipinski definition) is 1. The van der Waals surface area contributed by atoms with E-state index >= 15 is 0 Å². The van der Waals surface area contributed by atoms with Gasteiger partial charge < -0.3 is 10.2 Å². The van der Waals surface area contributed by atoms with Gasteiger partial charge >= 0.3 is 0 Å². The van der Waals surface area contributed by atoms with Gasteiger partial charge in [0.2, 0.25) is 0 Å². The third kappa shape index (κ3) is 4.29. The molecule has 0 radical (unpaired) electrons. The molecule has 0 atom stereocenters. The molecule has 4 heteroatoms. The summed E-state index contributed by atoms with van der Waals surface area (Å²) in [6.45, 7) is 5.70. The molecule has 0 spiro atoms. The minimum Gasteiger partial charge on any atom is -0.369 e. The first-order valence-corrected chi connectivity index (χ1v) is 8.35. The van der Waals surface area contributed by atoms with E-state index in [9.17, 15) is 4.39 Å². The van der Waals surface area contributed by atoms with Crippen molar-refractivity contribution in [3.05, 3.63) is 59.7 Å². The van der Waals surface area contributed by atoms with E-state index in [-0.39, 0.29) is 5.82 Å². The van der Waals surface area contributed by atoms with Crippen LogP contribution in [0.2, 0.25) is 0 Å². The summed E-state index contributed by atoms with van der Waals surface area (Å²) in [5, 5.41) is 3.41. The van der Waals surface area contributed by atoms with Crippen molar-refractivity contribution in [1.29, 1.82) is 0 Å². The predicted octanol–water partition coefficient (Wildman–Crippen LogP) is 3.75. The van der Waals surface area contributed by atoms with Gasteiger partial charge in [-0.25, -0.2) is 4.39 Å². The first kappa shape index (κ1) is 15.9. The number of benzene rings is 1. The maximum Gasteiger partial charge on any atom is 0.146 e. The molecule has 1 N–H and O–H groups in total. The Hall–Kier alpha value is -1.94. The Kier molecular flexibility index (Phi) is 5.23. The van der Waals surface area contributed by atoms with Gasteiger partial charge in [-0.2, -0.15) is 0 Å². The lowest BCUT2D eigenvalue weighted by Crippen LogP contribution is -2.33. The van der Waals surface area contributed by atoms with Crippen molar-refractivity contribution in [2.24, 2.45) is 5.92 Å². The first-order chi connectivity index (χ1) is 11.2. The molecule has 0 amide bonds. The van der Waals surface area contributed by atoms with Crippen LogP contribution in [0.3, 0.4) is 0 Å². The van der Waals surface area contributed by atoms with Crippen molar-refractivity contribution < 1.29 is 4.39 Å². The third-order valence-corrected chi connectivity index (χ3v) is 4.54. The van der Waals surface area contributed by atoms with E-state index in [2.05, 4.69) is 22.1 Å². The average molecular weight is 313 g/mol. The quantitative estimate of drug-likeness (QED) is 0.911. The fourth-order valence-electron chi connectivity index (χ4n) is 3.01. The SMILES string of the molecule is CC1CCN(c2cc(CNCc3ccncc3)ccc2F)CC1. The summed E-state index contributed by atoms with van der Waals surface area (Å²) in [4.78, 5) is 6.20. The van der Waals surface area contributed by atoms with Crippen molar-refractivity contribution in [1.82, 2.24) is 10.3 Å². The van der Waals surface area contributed by atoms with Crippen molar-refractivity contribution >= 4 is 5.69 Å². The highest BCUT2D eigenvalue weighted by Crippen LogP contribution is 2.26. The Labute approximate surface area is 137 Å². The van der Waals surface area contributed by atoms with Crippen LogP contribution in [0.15, 0.2) is 42.7 Å². The van der Waals surface area contributed by atoms with Crippen molar-refractivity contribution in [2.45, 2.75) is 32.9 Å². The smallest absolute Gasteiger partial charge is 0.146 e. The Morgan fingerprint density at radius 2 is 1.78 bits per heavy atom. The first-order valence-electron chi connectivity index (χ1n) is 8.35. The van der Waals surface area contributed by atoms with Crippen LogP contribution in [0.25, 0.3) is 0 Å². The van der Waals surface area contributed by atoms with Gasteiger partial charge in [-0.1, -0.05) is 13.0 Å². The number of piperidine rings is 1. The van der Waals surface area contributed by atoms with Crippen LogP contribution in [-0.2, 0) is 13.1 Å². The van der Waals surface area contributed by atoms with Gasteiger partial charge in [0.25, 0.3) is 0 Å². The van der Waals surface area contributed by atoms with Crippen LogP contribution in [0.4, 0.5) is 10.1 Å². The highest BCUT2D eigenvalue weighted by atomic mass is 19.1. The predicted molar refractivity (Wildman–Crippen MR) is 91.8 cm³/mol. The molecule has 1 aromatic carbocycles. The van der Waals surface area contributed by atoms with Gasteiger partial charge in [-0.05, 0) is 54.2 Å². The van der Waals surface area contributed by atoms with Crippen LogP contribution < -0.4 is 10.2 Å². The number of halogens is 1. The van der Waals surface area contributed by atoms with Crippen LogP contribution >= 0.6 is 0 Å².